The standard InChI is InChI=1S/C12H7BrN2O2/c13-9-4-3-8(7-14)10(6-9)15-12(16)11-2-1-5-17-11/h1-6H,(H,15,16). The molecule has 5 heteroatoms. The predicted octanol–water partition coefficient (Wildman–Crippen LogP) is 3.17. The van der Waals surface area contributed by atoms with Crippen molar-refractivity contribution < 1.29 is 9.21 Å². The van der Waals surface area contributed by atoms with E-state index in [1.54, 1.807) is 30.3 Å². The number of nitrogens with zero attached hydrogens (tertiary/aromatic N) is 1. The Morgan fingerprint density at radius 3 is 2.88 bits per heavy atom. The highest BCUT2D eigenvalue weighted by atomic mass is 79.9. The first kappa shape index (κ1) is 11.4. The molecule has 0 spiro atoms. The van der Waals surface area contributed by atoms with E-state index in [-0.39, 0.29) is 11.7 Å². The number of anilines is 1. The average Bonchev–Trinajstić information content (AvgIpc) is 2.83. The number of benzene rings is 1. The Labute approximate surface area is 106 Å². The molecule has 4 nitrogen and oxygen atoms in total. The fraction of sp³-hybridized carbons (Fsp3) is 0. The Morgan fingerprint density at radius 2 is 2.24 bits per heavy atom. The number of furan rings is 1. The molecule has 17 heavy (non-hydrogen) atoms. The molecule has 2 rings (SSSR count). The van der Waals surface area contributed by atoms with Gasteiger partial charge >= 0.3 is 0 Å². The molecule has 0 aliphatic rings. The highest BCUT2D eigenvalue weighted by Crippen LogP contribution is 2.21. The van der Waals surface area contributed by atoms with Crippen LogP contribution in [0.4, 0.5) is 5.69 Å². The van der Waals surface area contributed by atoms with Crippen molar-refractivity contribution in [1.82, 2.24) is 0 Å². The molecule has 0 bridgehead atoms. The third-order valence-corrected chi connectivity index (χ3v) is 2.59. The van der Waals surface area contributed by atoms with Crippen molar-refractivity contribution in [2.75, 3.05) is 5.32 Å². The van der Waals surface area contributed by atoms with Gasteiger partial charge in [-0.15, -0.1) is 0 Å². The Bertz CT molecular complexity index is 585. The van der Waals surface area contributed by atoms with Crippen molar-refractivity contribution in [3.63, 3.8) is 0 Å². The molecule has 1 N–H and O–H groups in total. The summed E-state index contributed by atoms with van der Waals surface area (Å²) < 4.78 is 5.75. The van der Waals surface area contributed by atoms with E-state index in [0.717, 1.165) is 4.47 Å². The fourth-order valence-corrected chi connectivity index (χ4v) is 1.67. The topological polar surface area (TPSA) is 66.0 Å². The van der Waals surface area contributed by atoms with Gasteiger partial charge in [0.2, 0.25) is 0 Å². The number of rotatable bonds is 2. The van der Waals surface area contributed by atoms with Crippen LogP contribution in [0.2, 0.25) is 0 Å². The predicted molar refractivity (Wildman–Crippen MR) is 65.5 cm³/mol. The monoisotopic (exact) mass is 290 g/mol. The normalized spacial score (nSPS) is 9.65. The maximum Gasteiger partial charge on any atom is 0.291 e. The Hall–Kier alpha value is -2.06. The van der Waals surface area contributed by atoms with Crippen molar-refractivity contribution in [3.8, 4) is 6.07 Å². The molecule has 1 amide bonds. The first-order chi connectivity index (χ1) is 8.20. The van der Waals surface area contributed by atoms with Crippen molar-refractivity contribution >= 4 is 27.5 Å². The van der Waals surface area contributed by atoms with Crippen molar-refractivity contribution in [3.05, 3.63) is 52.4 Å². The highest BCUT2D eigenvalue weighted by molar-refractivity contribution is 9.10. The van der Waals surface area contributed by atoms with Crippen LogP contribution < -0.4 is 5.32 Å². The zero-order valence-corrected chi connectivity index (χ0v) is 10.2. The van der Waals surface area contributed by atoms with Crippen LogP contribution in [-0.4, -0.2) is 5.91 Å². The number of carbonyl (C=O) groups is 1. The third-order valence-electron chi connectivity index (χ3n) is 2.10. The zero-order valence-electron chi connectivity index (χ0n) is 8.61. The lowest BCUT2D eigenvalue weighted by Gasteiger charge is -2.05. The van der Waals surface area contributed by atoms with Gasteiger partial charge in [-0.05, 0) is 30.3 Å². The lowest BCUT2D eigenvalue weighted by molar-refractivity contribution is 0.0996. The maximum atomic E-state index is 11.7. The van der Waals surface area contributed by atoms with Crippen LogP contribution in [0.3, 0.4) is 0 Å². The molecule has 84 valence electrons. The molecule has 0 saturated carbocycles. The summed E-state index contributed by atoms with van der Waals surface area (Å²) in [6, 6.07) is 10.2. The molecule has 1 heterocycles. The zero-order chi connectivity index (χ0) is 12.3. The van der Waals surface area contributed by atoms with Crippen LogP contribution in [0, 0.1) is 11.3 Å². The Morgan fingerprint density at radius 1 is 1.41 bits per heavy atom. The number of amides is 1. The first-order valence-electron chi connectivity index (χ1n) is 4.75. The van der Waals surface area contributed by atoms with Crippen LogP contribution in [-0.2, 0) is 0 Å². The Kier molecular flexibility index (Phi) is 3.26. The maximum absolute atomic E-state index is 11.7. The van der Waals surface area contributed by atoms with E-state index in [1.165, 1.54) is 6.26 Å². The summed E-state index contributed by atoms with van der Waals surface area (Å²) in [5.41, 5.74) is 0.844. The molecule has 1 aromatic heterocycles. The molecule has 2 aromatic rings. The van der Waals surface area contributed by atoms with E-state index in [4.69, 9.17) is 9.68 Å². The fourth-order valence-electron chi connectivity index (χ4n) is 1.31. The van der Waals surface area contributed by atoms with Gasteiger partial charge < -0.3 is 9.73 Å². The molecule has 0 saturated heterocycles. The van der Waals surface area contributed by atoms with Gasteiger partial charge in [0.1, 0.15) is 6.07 Å². The summed E-state index contributed by atoms with van der Waals surface area (Å²) in [7, 11) is 0. The van der Waals surface area contributed by atoms with Gasteiger partial charge in [0, 0.05) is 4.47 Å². The van der Waals surface area contributed by atoms with Crippen molar-refractivity contribution in [2.24, 2.45) is 0 Å². The molecular weight excluding hydrogens is 284 g/mol. The van der Waals surface area contributed by atoms with E-state index in [1.807, 2.05) is 6.07 Å². The van der Waals surface area contributed by atoms with Crippen LogP contribution >= 0.6 is 15.9 Å². The number of halogens is 1. The van der Waals surface area contributed by atoms with Crippen molar-refractivity contribution in [2.45, 2.75) is 0 Å². The van der Waals surface area contributed by atoms with Crippen LogP contribution in [0.15, 0.2) is 45.5 Å². The molecular formula is C12H7BrN2O2. The summed E-state index contributed by atoms with van der Waals surface area (Å²) in [5, 5.41) is 11.5. The molecule has 0 aliphatic heterocycles. The Balaban J connectivity index is 2.27. The number of carbonyl (C=O) groups excluding carboxylic acids is 1. The van der Waals surface area contributed by atoms with Gasteiger partial charge in [0.15, 0.2) is 5.76 Å². The lowest BCUT2D eigenvalue weighted by atomic mass is 10.2. The van der Waals surface area contributed by atoms with E-state index in [2.05, 4.69) is 21.2 Å². The summed E-state index contributed by atoms with van der Waals surface area (Å²) in [5.74, 6) is -0.182. The van der Waals surface area contributed by atoms with Crippen LogP contribution in [0.5, 0.6) is 0 Å². The van der Waals surface area contributed by atoms with Crippen LogP contribution in [0.1, 0.15) is 16.1 Å². The minimum atomic E-state index is -0.385. The minimum absolute atomic E-state index is 0.203. The largest absolute Gasteiger partial charge is 0.459 e. The van der Waals surface area contributed by atoms with Crippen LogP contribution in [0.25, 0.3) is 0 Å². The van der Waals surface area contributed by atoms with E-state index >= 15 is 0 Å². The summed E-state index contributed by atoms with van der Waals surface area (Å²) >= 11 is 3.28. The second kappa shape index (κ2) is 4.85. The molecule has 0 fully saturated rings. The molecule has 1 aromatic carbocycles. The van der Waals surface area contributed by atoms with Gasteiger partial charge in [-0.2, -0.15) is 5.26 Å². The second-order valence-electron chi connectivity index (χ2n) is 3.23. The van der Waals surface area contributed by atoms with Crippen molar-refractivity contribution in [1.29, 1.82) is 5.26 Å². The molecule has 0 atom stereocenters. The van der Waals surface area contributed by atoms with Gasteiger partial charge in [0.25, 0.3) is 5.91 Å². The smallest absolute Gasteiger partial charge is 0.291 e. The van der Waals surface area contributed by atoms with E-state index < -0.39 is 0 Å². The van der Waals surface area contributed by atoms with E-state index in [9.17, 15) is 4.79 Å². The van der Waals surface area contributed by atoms with E-state index in [0.29, 0.717) is 11.3 Å². The molecule has 0 unspecified atom stereocenters. The second-order valence-corrected chi connectivity index (χ2v) is 4.15. The summed E-state index contributed by atoms with van der Waals surface area (Å²) in [6.07, 6.45) is 1.42. The van der Waals surface area contributed by atoms with Gasteiger partial charge in [-0.1, -0.05) is 15.9 Å². The third kappa shape index (κ3) is 2.55. The SMILES string of the molecule is N#Cc1ccc(Br)cc1NC(=O)c1ccco1. The minimum Gasteiger partial charge on any atom is -0.459 e. The number of hydrogen-bond acceptors (Lipinski definition) is 3. The highest BCUT2D eigenvalue weighted by Gasteiger charge is 2.11. The first-order valence-corrected chi connectivity index (χ1v) is 5.54. The molecule has 0 radical (unpaired) electrons. The number of nitrogens with one attached hydrogen (secondary N) is 1. The average molecular weight is 291 g/mol. The summed E-state index contributed by atoms with van der Waals surface area (Å²) in [6.45, 7) is 0. The summed E-state index contributed by atoms with van der Waals surface area (Å²) in [4.78, 5) is 11.7. The van der Waals surface area contributed by atoms with Gasteiger partial charge in [0.05, 0.1) is 17.5 Å². The molecule has 0 aliphatic carbocycles. The number of nitriles is 1. The van der Waals surface area contributed by atoms with Gasteiger partial charge in [-0.3, -0.25) is 4.79 Å². The quantitative estimate of drug-likeness (QED) is 0.924. The number of hydrogen-bond donors (Lipinski definition) is 1. The van der Waals surface area contributed by atoms with Gasteiger partial charge in [-0.25, -0.2) is 0 Å². The lowest BCUT2D eigenvalue weighted by Crippen LogP contribution is -2.11.